The molecule has 21 heavy (non-hydrogen) atoms. The quantitative estimate of drug-likeness (QED) is 0.492. The lowest BCUT2D eigenvalue weighted by Crippen LogP contribution is -2.28. The first kappa shape index (κ1) is 16.7. The van der Waals surface area contributed by atoms with Gasteiger partial charge in [-0.05, 0) is 25.8 Å². The van der Waals surface area contributed by atoms with E-state index in [-0.39, 0.29) is 12.3 Å². The van der Waals surface area contributed by atoms with Gasteiger partial charge in [-0.2, -0.15) is 0 Å². The number of aliphatic imine (C=N–C) groups is 1. The van der Waals surface area contributed by atoms with Crippen LogP contribution in [-0.2, 0) is 10.0 Å². The van der Waals surface area contributed by atoms with E-state index in [0.29, 0.717) is 17.1 Å². The summed E-state index contributed by atoms with van der Waals surface area (Å²) in [5, 5.41) is 2.95. The van der Waals surface area contributed by atoms with E-state index in [1.54, 1.807) is 25.3 Å². The van der Waals surface area contributed by atoms with Crippen LogP contribution < -0.4 is 15.8 Å². The Kier molecular flexibility index (Phi) is 6.41. The van der Waals surface area contributed by atoms with E-state index >= 15 is 0 Å². The van der Waals surface area contributed by atoms with Crippen LogP contribution in [0.2, 0.25) is 0 Å². The third-order valence-corrected chi connectivity index (χ3v) is 3.77. The predicted octanol–water partition coefficient (Wildman–Crippen LogP) is 1.11. The van der Waals surface area contributed by atoms with E-state index in [1.807, 2.05) is 0 Å². The van der Waals surface area contributed by atoms with Crippen molar-refractivity contribution in [3.05, 3.63) is 42.5 Å². The van der Waals surface area contributed by atoms with E-state index in [4.69, 9.17) is 5.73 Å². The molecule has 0 spiro atoms. The Bertz CT molecular complexity index is 638. The monoisotopic (exact) mass is 309 g/mol. The second-order valence-electron chi connectivity index (χ2n) is 4.05. The molecule has 0 aliphatic heterocycles. The van der Waals surface area contributed by atoms with Gasteiger partial charge >= 0.3 is 0 Å². The van der Waals surface area contributed by atoms with Gasteiger partial charge in [0.2, 0.25) is 10.0 Å². The number of aromatic nitrogens is 1. The van der Waals surface area contributed by atoms with Crippen LogP contribution in [0, 0.1) is 0 Å². The van der Waals surface area contributed by atoms with Gasteiger partial charge in [-0.25, -0.2) is 8.42 Å². The standard InChI is InChI=1S/C13H19N5O2S/c1-3-11(4-6-15-2)18-21(19,20)9-8-17-13-5-7-16-10-12(13)14/h3-7,10,18H,2,8-9,14H2,1H3,(H,16,17)/b6-4-,11-3+. The number of rotatable bonds is 8. The molecule has 4 N–H and O–H groups in total. The summed E-state index contributed by atoms with van der Waals surface area (Å²) < 4.78 is 26.3. The molecule has 114 valence electrons. The topological polar surface area (TPSA) is 109 Å². The summed E-state index contributed by atoms with van der Waals surface area (Å²) in [6.45, 7) is 5.24. The normalized spacial score (nSPS) is 12.3. The summed E-state index contributed by atoms with van der Waals surface area (Å²) in [4.78, 5) is 7.38. The molecule has 0 bridgehead atoms. The molecule has 0 fully saturated rings. The molecular formula is C13H19N5O2S. The van der Waals surface area contributed by atoms with Crippen LogP contribution >= 0.6 is 0 Å². The second kappa shape index (κ2) is 8.05. The molecular weight excluding hydrogens is 290 g/mol. The van der Waals surface area contributed by atoms with E-state index in [0.717, 1.165) is 0 Å². The molecule has 0 radical (unpaired) electrons. The zero-order valence-corrected chi connectivity index (χ0v) is 12.6. The number of sulfonamides is 1. The van der Waals surface area contributed by atoms with Gasteiger partial charge in [0, 0.05) is 24.6 Å². The number of hydrogen-bond acceptors (Lipinski definition) is 6. The Morgan fingerprint density at radius 2 is 2.33 bits per heavy atom. The van der Waals surface area contributed by atoms with Crippen molar-refractivity contribution in [2.24, 2.45) is 4.99 Å². The van der Waals surface area contributed by atoms with Crippen molar-refractivity contribution in [2.75, 3.05) is 23.3 Å². The van der Waals surface area contributed by atoms with Gasteiger partial charge in [-0.3, -0.25) is 14.7 Å². The number of pyridine rings is 1. The van der Waals surface area contributed by atoms with Gasteiger partial charge in [-0.1, -0.05) is 6.08 Å². The van der Waals surface area contributed by atoms with Crippen molar-refractivity contribution < 1.29 is 8.42 Å². The van der Waals surface area contributed by atoms with Crippen molar-refractivity contribution in [2.45, 2.75) is 6.92 Å². The lowest BCUT2D eigenvalue weighted by Gasteiger charge is -2.11. The minimum absolute atomic E-state index is 0.0958. The highest BCUT2D eigenvalue weighted by Crippen LogP contribution is 2.14. The first-order valence-electron chi connectivity index (χ1n) is 6.21. The van der Waals surface area contributed by atoms with Gasteiger partial charge in [0.15, 0.2) is 0 Å². The number of nitrogens with zero attached hydrogens (tertiary/aromatic N) is 2. The smallest absolute Gasteiger partial charge is 0.234 e. The SMILES string of the molecule is C=N/C=C\C(=C/C)NS(=O)(=O)CCNc1ccncc1N. The average Bonchev–Trinajstić information content (AvgIpc) is 2.45. The molecule has 1 heterocycles. The minimum atomic E-state index is -3.46. The van der Waals surface area contributed by atoms with Crippen molar-refractivity contribution in [1.82, 2.24) is 9.71 Å². The summed E-state index contributed by atoms with van der Waals surface area (Å²) in [5.41, 5.74) is 7.26. The van der Waals surface area contributed by atoms with E-state index in [9.17, 15) is 8.42 Å². The fraction of sp³-hybridized carbons (Fsp3) is 0.231. The van der Waals surface area contributed by atoms with Gasteiger partial charge in [0.25, 0.3) is 0 Å². The summed E-state index contributed by atoms with van der Waals surface area (Å²) in [5.74, 6) is -0.0958. The molecule has 1 aromatic rings. The molecule has 1 aromatic heterocycles. The summed E-state index contributed by atoms with van der Waals surface area (Å²) in [7, 11) is -3.46. The molecule has 7 nitrogen and oxygen atoms in total. The largest absolute Gasteiger partial charge is 0.396 e. The van der Waals surface area contributed by atoms with Crippen molar-refractivity contribution in [3.63, 3.8) is 0 Å². The van der Waals surface area contributed by atoms with E-state index < -0.39 is 10.0 Å². The van der Waals surface area contributed by atoms with Crippen LogP contribution in [0.25, 0.3) is 0 Å². The first-order chi connectivity index (χ1) is 9.98. The number of nitrogens with two attached hydrogens (primary N) is 1. The number of nitrogens with one attached hydrogen (secondary N) is 2. The van der Waals surface area contributed by atoms with Crippen molar-refractivity contribution in [3.8, 4) is 0 Å². The van der Waals surface area contributed by atoms with E-state index in [2.05, 4.69) is 26.7 Å². The van der Waals surface area contributed by atoms with Crippen molar-refractivity contribution in [1.29, 1.82) is 0 Å². The van der Waals surface area contributed by atoms with Crippen LogP contribution in [-0.4, -0.2) is 32.4 Å². The molecule has 0 saturated carbocycles. The first-order valence-corrected chi connectivity index (χ1v) is 7.86. The summed E-state index contributed by atoms with van der Waals surface area (Å²) in [6.07, 6.45) is 7.65. The van der Waals surface area contributed by atoms with Gasteiger partial charge in [0.05, 0.1) is 23.3 Å². The Morgan fingerprint density at radius 1 is 1.57 bits per heavy atom. The zero-order valence-electron chi connectivity index (χ0n) is 11.8. The van der Waals surface area contributed by atoms with E-state index in [1.165, 1.54) is 18.5 Å². The molecule has 0 aliphatic carbocycles. The molecule has 0 amide bonds. The van der Waals surface area contributed by atoms with Crippen molar-refractivity contribution >= 4 is 28.1 Å². The molecule has 0 aliphatic rings. The minimum Gasteiger partial charge on any atom is -0.396 e. The zero-order chi connectivity index (χ0) is 15.7. The van der Waals surface area contributed by atoms with Crippen LogP contribution in [0.3, 0.4) is 0 Å². The highest BCUT2D eigenvalue weighted by atomic mass is 32.2. The Morgan fingerprint density at radius 3 is 2.95 bits per heavy atom. The lowest BCUT2D eigenvalue weighted by molar-refractivity contribution is 0.589. The second-order valence-corrected chi connectivity index (χ2v) is 5.89. The maximum Gasteiger partial charge on any atom is 0.234 e. The number of allylic oxidation sites excluding steroid dienone is 2. The molecule has 0 aromatic carbocycles. The Balaban J connectivity index is 2.55. The highest BCUT2D eigenvalue weighted by molar-refractivity contribution is 7.89. The Labute approximate surface area is 124 Å². The fourth-order valence-electron chi connectivity index (χ4n) is 1.44. The predicted molar refractivity (Wildman–Crippen MR) is 86.5 cm³/mol. The number of anilines is 2. The average molecular weight is 309 g/mol. The summed E-state index contributed by atoms with van der Waals surface area (Å²) >= 11 is 0. The van der Waals surface area contributed by atoms with Gasteiger partial charge < -0.3 is 11.1 Å². The van der Waals surface area contributed by atoms with Gasteiger partial charge in [-0.15, -0.1) is 0 Å². The third kappa shape index (κ3) is 6.09. The van der Waals surface area contributed by atoms with Crippen LogP contribution in [0.1, 0.15) is 6.92 Å². The lowest BCUT2D eigenvalue weighted by atomic mass is 10.3. The maximum absolute atomic E-state index is 11.9. The van der Waals surface area contributed by atoms with Crippen LogP contribution in [0.15, 0.2) is 47.5 Å². The number of hydrogen-bond donors (Lipinski definition) is 3. The molecule has 0 saturated heterocycles. The maximum atomic E-state index is 11.9. The van der Waals surface area contributed by atoms with Gasteiger partial charge in [0.1, 0.15) is 0 Å². The molecule has 1 rings (SSSR count). The highest BCUT2D eigenvalue weighted by Gasteiger charge is 2.10. The third-order valence-electron chi connectivity index (χ3n) is 2.48. The molecule has 8 heteroatoms. The molecule has 0 unspecified atom stereocenters. The van der Waals surface area contributed by atoms with Crippen LogP contribution in [0.4, 0.5) is 11.4 Å². The molecule has 0 atom stereocenters. The number of nitrogen functional groups attached to an aromatic ring is 1. The Hall–Kier alpha value is -2.35. The van der Waals surface area contributed by atoms with Crippen LogP contribution in [0.5, 0.6) is 0 Å². The fourth-order valence-corrected chi connectivity index (χ4v) is 2.46. The summed E-state index contributed by atoms with van der Waals surface area (Å²) in [6, 6.07) is 1.69.